The third kappa shape index (κ3) is 3.05. The largest absolute Gasteiger partial charge is 0.492 e. The Morgan fingerprint density at radius 3 is 2.47 bits per heavy atom. The number of rotatable bonds is 5. The van der Waals surface area contributed by atoms with Crippen LogP contribution in [0, 0.1) is 0 Å². The van der Waals surface area contributed by atoms with Crippen molar-refractivity contribution < 1.29 is 14.3 Å². The highest BCUT2D eigenvalue weighted by atomic mass is 16.5. The predicted octanol–water partition coefficient (Wildman–Crippen LogP) is 0.921. The maximum absolute atomic E-state index is 11.0. The van der Waals surface area contributed by atoms with Crippen molar-refractivity contribution in [1.82, 2.24) is 10.2 Å². The van der Waals surface area contributed by atoms with E-state index >= 15 is 0 Å². The zero-order valence-electron chi connectivity index (χ0n) is 11.4. The van der Waals surface area contributed by atoms with E-state index < -0.39 is 0 Å². The van der Waals surface area contributed by atoms with Crippen molar-refractivity contribution in [2.24, 2.45) is 0 Å². The van der Waals surface area contributed by atoms with E-state index in [0.29, 0.717) is 17.1 Å². The summed E-state index contributed by atoms with van der Waals surface area (Å²) in [6.07, 6.45) is 0.788. The highest BCUT2D eigenvalue weighted by Gasteiger charge is 2.17. The van der Waals surface area contributed by atoms with Gasteiger partial charge in [0.25, 0.3) is 0 Å². The first kappa shape index (κ1) is 13.8. The molecule has 1 aliphatic heterocycles. The molecule has 1 saturated heterocycles. The van der Waals surface area contributed by atoms with Gasteiger partial charge in [0, 0.05) is 38.3 Å². The average molecular weight is 264 g/mol. The number of ether oxygens (including phenoxy) is 2. The van der Waals surface area contributed by atoms with Gasteiger partial charge in [-0.25, -0.2) is 0 Å². The van der Waals surface area contributed by atoms with Gasteiger partial charge in [-0.1, -0.05) is 6.07 Å². The SMILES string of the molecule is COc1c(C=O)ccc(CN2CCNCC2)c1OC. The summed E-state index contributed by atoms with van der Waals surface area (Å²) in [7, 11) is 3.16. The Morgan fingerprint density at radius 2 is 1.89 bits per heavy atom. The first-order valence-corrected chi connectivity index (χ1v) is 6.42. The van der Waals surface area contributed by atoms with E-state index in [0.717, 1.165) is 44.6 Å². The number of hydrogen-bond donors (Lipinski definition) is 1. The molecule has 0 saturated carbocycles. The number of carbonyl (C=O) groups excluding carboxylic acids is 1. The Labute approximate surface area is 113 Å². The molecule has 1 fully saturated rings. The molecule has 1 aliphatic rings. The van der Waals surface area contributed by atoms with Crippen LogP contribution in [-0.4, -0.2) is 51.6 Å². The van der Waals surface area contributed by atoms with Crippen LogP contribution in [0.4, 0.5) is 0 Å². The van der Waals surface area contributed by atoms with E-state index in [1.165, 1.54) is 0 Å². The Kier molecular flexibility index (Phi) is 4.76. The van der Waals surface area contributed by atoms with Crippen molar-refractivity contribution >= 4 is 6.29 Å². The molecule has 0 aliphatic carbocycles. The molecular weight excluding hydrogens is 244 g/mol. The smallest absolute Gasteiger partial charge is 0.171 e. The van der Waals surface area contributed by atoms with Crippen LogP contribution in [-0.2, 0) is 6.54 Å². The highest BCUT2D eigenvalue weighted by Crippen LogP contribution is 2.34. The molecule has 5 heteroatoms. The third-order valence-corrected chi connectivity index (χ3v) is 3.36. The van der Waals surface area contributed by atoms with Crippen LogP contribution >= 0.6 is 0 Å². The van der Waals surface area contributed by atoms with Crippen LogP contribution in [0.25, 0.3) is 0 Å². The summed E-state index contributed by atoms with van der Waals surface area (Å²) in [4.78, 5) is 13.4. The van der Waals surface area contributed by atoms with Gasteiger partial charge in [0.1, 0.15) is 0 Å². The molecule has 1 aromatic carbocycles. The fourth-order valence-corrected chi connectivity index (χ4v) is 2.38. The van der Waals surface area contributed by atoms with Gasteiger partial charge >= 0.3 is 0 Å². The molecule has 19 heavy (non-hydrogen) atoms. The number of carbonyl (C=O) groups is 1. The standard InChI is InChI=1S/C14H20N2O3/c1-18-13-11(9-16-7-5-15-6-8-16)3-4-12(10-17)14(13)19-2/h3-4,10,15H,5-9H2,1-2H3. The fraction of sp³-hybridized carbons (Fsp3) is 0.500. The van der Waals surface area contributed by atoms with Crippen molar-refractivity contribution in [3.63, 3.8) is 0 Å². The molecule has 0 atom stereocenters. The van der Waals surface area contributed by atoms with Gasteiger partial charge in [-0.2, -0.15) is 0 Å². The molecule has 0 radical (unpaired) electrons. The van der Waals surface area contributed by atoms with Crippen molar-refractivity contribution in [2.45, 2.75) is 6.54 Å². The quantitative estimate of drug-likeness (QED) is 0.802. The molecule has 5 nitrogen and oxygen atoms in total. The number of aldehydes is 1. The zero-order chi connectivity index (χ0) is 13.7. The van der Waals surface area contributed by atoms with E-state index in [4.69, 9.17) is 9.47 Å². The summed E-state index contributed by atoms with van der Waals surface area (Å²) in [6.45, 7) is 4.85. The molecular formula is C14H20N2O3. The van der Waals surface area contributed by atoms with Gasteiger partial charge in [-0.05, 0) is 6.07 Å². The Bertz CT molecular complexity index is 443. The summed E-state index contributed by atoms with van der Waals surface area (Å²) in [5, 5.41) is 3.33. The summed E-state index contributed by atoms with van der Waals surface area (Å²) >= 11 is 0. The molecule has 0 aromatic heterocycles. The third-order valence-electron chi connectivity index (χ3n) is 3.36. The summed E-state index contributed by atoms with van der Waals surface area (Å²) in [5.41, 5.74) is 1.57. The molecule has 0 spiro atoms. The first-order valence-electron chi connectivity index (χ1n) is 6.42. The first-order chi connectivity index (χ1) is 9.30. The maximum atomic E-state index is 11.0. The lowest BCUT2D eigenvalue weighted by Gasteiger charge is -2.28. The number of nitrogens with zero attached hydrogens (tertiary/aromatic N) is 1. The van der Waals surface area contributed by atoms with Gasteiger partial charge in [0.05, 0.1) is 19.8 Å². The van der Waals surface area contributed by atoms with E-state index in [2.05, 4.69) is 10.2 Å². The average Bonchev–Trinajstić information content (AvgIpc) is 2.47. The van der Waals surface area contributed by atoms with Gasteiger partial charge in [-0.15, -0.1) is 0 Å². The predicted molar refractivity (Wildman–Crippen MR) is 73.1 cm³/mol. The van der Waals surface area contributed by atoms with Crippen molar-refractivity contribution in [2.75, 3.05) is 40.4 Å². The lowest BCUT2D eigenvalue weighted by molar-refractivity contribution is 0.112. The van der Waals surface area contributed by atoms with Crippen LogP contribution in [0.2, 0.25) is 0 Å². The number of hydrogen-bond acceptors (Lipinski definition) is 5. The van der Waals surface area contributed by atoms with Crippen LogP contribution in [0.15, 0.2) is 12.1 Å². The van der Waals surface area contributed by atoms with Gasteiger partial charge in [-0.3, -0.25) is 9.69 Å². The summed E-state index contributed by atoms with van der Waals surface area (Å²) in [5.74, 6) is 1.18. The second-order valence-corrected chi connectivity index (χ2v) is 4.52. The second kappa shape index (κ2) is 6.54. The van der Waals surface area contributed by atoms with E-state index in [1.54, 1.807) is 20.3 Å². The van der Waals surface area contributed by atoms with Crippen LogP contribution in [0.5, 0.6) is 11.5 Å². The monoisotopic (exact) mass is 264 g/mol. The highest BCUT2D eigenvalue weighted by molar-refractivity contribution is 5.81. The Morgan fingerprint density at radius 1 is 1.21 bits per heavy atom. The minimum absolute atomic E-state index is 0.517. The Balaban J connectivity index is 2.26. The normalized spacial score (nSPS) is 16.1. The summed E-state index contributed by atoms with van der Waals surface area (Å²) in [6, 6.07) is 3.72. The zero-order valence-corrected chi connectivity index (χ0v) is 11.4. The lowest BCUT2D eigenvalue weighted by atomic mass is 10.1. The Hall–Kier alpha value is -1.59. The molecule has 0 amide bonds. The molecule has 0 unspecified atom stereocenters. The number of benzene rings is 1. The summed E-state index contributed by atoms with van der Waals surface area (Å²) < 4.78 is 10.7. The van der Waals surface area contributed by atoms with E-state index in [1.807, 2.05) is 6.07 Å². The van der Waals surface area contributed by atoms with Crippen LogP contribution < -0.4 is 14.8 Å². The second-order valence-electron chi connectivity index (χ2n) is 4.52. The number of piperazine rings is 1. The van der Waals surface area contributed by atoms with Crippen molar-refractivity contribution in [1.29, 1.82) is 0 Å². The van der Waals surface area contributed by atoms with Crippen LogP contribution in [0.3, 0.4) is 0 Å². The number of methoxy groups -OCH3 is 2. The van der Waals surface area contributed by atoms with Crippen molar-refractivity contribution in [3.8, 4) is 11.5 Å². The lowest BCUT2D eigenvalue weighted by Crippen LogP contribution is -2.42. The topological polar surface area (TPSA) is 50.8 Å². The van der Waals surface area contributed by atoms with E-state index in [-0.39, 0.29) is 0 Å². The minimum Gasteiger partial charge on any atom is -0.492 e. The fourth-order valence-electron chi connectivity index (χ4n) is 2.38. The van der Waals surface area contributed by atoms with E-state index in [9.17, 15) is 4.79 Å². The minimum atomic E-state index is 0.517. The molecule has 1 heterocycles. The van der Waals surface area contributed by atoms with Crippen LogP contribution in [0.1, 0.15) is 15.9 Å². The maximum Gasteiger partial charge on any atom is 0.171 e. The van der Waals surface area contributed by atoms with Gasteiger partial charge in [0.15, 0.2) is 17.8 Å². The molecule has 2 rings (SSSR count). The van der Waals surface area contributed by atoms with Gasteiger partial charge < -0.3 is 14.8 Å². The van der Waals surface area contributed by atoms with Crippen molar-refractivity contribution in [3.05, 3.63) is 23.3 Å². The van der Waals surface area contributed by atoms with Gasteiger partial charge in [0.2, 0.25) is 0 Å². The molecule has 104 valence electrons. The molecule has 1 aromatic rings. The molecule has 1 N–H and O–H groups in total. The molecule has 0 bridgehead atoms. The number of nitrogens with one attached hydrogen (secondary N) is 1.